The second-order valence-corrected chi connectivity index (χ2v) is 4.79. The first-order chi connectivity index (χ1) is 6.09. The smallest absolute Gasteiger partial charge is 0.293 e. The van der Waals surface area contributed by atoms with Crippen LogP contribution >= 0.6 is 0 Å². The van der Waals surface area contributed by atoms with Crippen molar-refractivity contribution < 1.29 is 9.53 Å². The molecule has 0 saturated heterocycles. The number of rotatable bonds is 2. The number of carbonyl (C=O) groups is 1. The van der Waals surface area contributed by atoms with Gasteiger partial charge in [-0.2, -0.15) is 0 Å². The highest BCUT2D eigenvalue weighted by Crippen LogP contribution is 2.60. The van der Waals surface area contributed by atoms with Crippen LogP contribution in [0.15, 0.2) is 11.6 Å². The van der Waals surface area contributed by atoms with E-state index in [-0.39, 0.29) is 6.10 Å². The van der Waals surface area contributed by atoms with Crippen LogP contribution in [0.25, 0.3) is 0 Å². The van der Waals surface area contributed by atoms with Crippen LogP contribution in [0.2, 0.25) is 0 Å². The third-order valence-electron chi connectivity index (χ3n) is 3.88. The van der Waals surface area contributed by atoms with Gasteiger partial charge in [0.2, 0.25) is 0 Å². The highest BCUT2D eigenvalue weighted by molar-refractivity contribution is 5.40. The highest BCUT2D eigenvalue weighted by Gasteiger charge is 2.59. The first-order valence-corrected chi connectivity index (χ1v) is 4.84. The average Bonchev–Trinajstić information content (AvgIpc) is 2.03. The number of allylic oxidation sites excluding steroid dienone is 1. The molecule has 72 valence electrons. The Kier molecular flexibility index (Phi) is 1.76. The van der Waals surface area contributed by atoms with Gasteiger partial charge < -0.3 is 4.74 Å². The topological polar surface area (TPSA) is 26.3 Å². The molecule has 0 aliphatic heterocycles. The fourth-order valence-electron chi connectivity index (χ4n) is 3.15. The van der Waals surface area contributed by atoms with Crippen LogP contribution in [0.5, 0.6) is 0 Å². The van der Waals surface area contributed by atoms with Crippen LogP contribution in [0.3, 0.4) is 0 Å². The molecule has 0 amide bonds. The molecule has 0 spiro atoms. The van der Waals surface area contributed by atoms with E-state index in [0.717, 1.165) is 6.42 Å². The van der Waals surface area contributed by atoms with Gasteiger partial charge in [-0.3, -0.25) is 4.79 Å². The van der Waals surface area contributed by atoms with Gasteiger partial charge in [0.1, 0.15) is 6.10 Å². The molecule has 3 atom stereocenters. The molecule has 0 radical (unpaired) electrons. The van der Waals surface area contributed by atoms with Crippen LogP contribution in [0.1, 0.15) is 27.2 Å². The lowest BCUT2D eigenvalue weighted by Crippen LogP contribution is -2.60. The maximum Gasteiger partial charge on any atom is 0.293 e. The standard InChI is InChI=1S/C11H16O2/c1-7-4-5-8-10(13-6-12)9(7)11(8,2)3/h4,6,8-10H,5H2,1-3H3. The normalized spacial score (nSPS) is 40.2. The van der Waals surface area contributed by atoms with Crippen molar-refractivity contribution in [2.75, 3.05) is 0 Å². The minimum atomic E-state index is 0.150. The van der Waals surface area contributed by atoms with E-state index in [1.807, 2.05) is 0 Å². The van der Waals surface area contributed by atoms with Crippen molar-refractivity contribution in [3.63, 3.8) is 0 Å². The van der Waals surface area contributed by atoms with Crippen molar-refractivity contribution in [3.05, 3.63) is 11.6 Å². The van der Waals surface area contributed by atoms with Crippen molar-refractivity contribution >= 4 is 6.47 Å². The number of ether oxygens (including phenoxy) is 1. The van der Waals surface area contributed by atoms with Gasteiger partial charge in [-0.25, -0.2) is 0 Å². The second-order valence-electron chi connectivity index (χ2n) is 4.79. The fraction of sp³-hybridized carbons (Fsp3) is 0.727. The van der Waals surface area contributed by atoms with Crippen LogP contribution in [-0.4, -0.2) is 12.6 Å². The van der Waals surface area contributed by atoms with Gasteiger partial charge in [0.05, 0.1) is 0 Å². The number of carbonyl (C=O) groups excluding carboxylic acids is 1. The molecule has 2 bridgehead atoms. The van der Waals surface area contributed by atoms with Gasteiger partial charge in [-0.05, 0) is 18.8 Å². The molecular formula is C11H16O2. The van der Waals surface area contributed by atoms with E-state index < -0.39 is 0 Å². The van der Waals surface area contributed by atoms with Crippen LogP contribution in [0, 0.1) is 17.3 Å². The second kappa shape index (κ2) is 2.60. The van der Waals surface area contributed by atoms with E-state index in [1.165, 1.54) is 5.57 Å². The average molecular weight is 180 g/mol. The summed E-state index contributed by atoms with van der Waals surface area (Å²) in [6.07, 6.45) is 3.50. The molecule has 3 unspecified atom stereocenters. The Morgan fingerprint density at radius 3 is 2.77 bits per heavy atom. The Balaban J connectivity index is 2.23. The number of fused-ring (bicyclic) bond motifs is 1. The summed E-state index contributed by atoms with van der Waals surface area (Å²) in [5.74, 6) is 0.989. The molecule has 0 N–H and O–H groups in total. The first kappa shape index (κ1) is 8.79. The molecule has 1 fully saturated rings. The van der Waals surface area contributed by atoms with Gasteiger partial charge in [0, 0.05) is 11.8 Å². The van der Waals surface area contributed by atoms with E-state index in [2.05, 4.69) is 26.8 Å². The van der Waals surface area contributed by atoms with Crippen LogP contribution in [0.4, 0.5) is 0 Å². The summed E-state index contributed by atoms with van der Waals surface area (Å²) in [5, 5.41) is 0. The number of hydrogen-bond acceptors (Lipinski definition) is 2. The monoisotopic (exact) mass is 180 g/mol. The summed E-state index contributed by atoms with van der Waals surface area (Å²) in [6.45, 7) is 7.27. The molecule has 3 aliphatic rings. The lowest BCUT2D eigenvalue weighted by Gasteiger charge is -2.60. The lowest BCUT2D eigenvalue weighted by molar-refractivity contribution is -0.179. The summed E-state index contributed by atoms with van der Waals surface area (Å²) in [6, 6.07) is 0. The molecule has 0 heterocycles. The zero-order valence-electron chi connectivity index (χ0n) is 8.41. The third-order valence-corrected chi connectivity index (χ3v) is 3.88. The zero-order valence-corrected chi connectivity index (χ0v) is 8.41. The Labute approximate surface area is 79.0 Å². The first-order valence-electron chi connectivity index (χ1n) is 4.84. The Hall–Kier alpha value is -0.790. The predicted molar refractivity (Wildman–Crippen MR) is 50.1 cm³/mol. The molecule has 3 aliphatic carbocycles. The van der Waals surface area contributed by atoms with Crippen molar-refractivity contribution in [1.29, 1.82) is 0 Å². The summed E-state index contributed by atoms with van der Waals surface area (Å²) in [4.78, 5) is 10.3. The Morgan fingerprint density at radius 1 is 1.62 bits per heavy atom. The fourth-order valence-corrected chi connectivity index (χ4v) is 3.15. The van der Waals surface area contributed by atoms with E-state index >= 15 is 0 Å². The van der Waals surface area contributed by atoms with Crippen LogP contribution in [-0.2, 0) is 9.53 Å². The third kappa shape index (κ3) is 0.976. The Morgan fingerprint density at radius 2 is 2.31 bits per heavy atom. The minimum absolute atomic E-state index is 0.150. The molecule has 0 aromatic carbocycles. The summed E-state index contributed by atoms with van der Waals surface area (Å²) >= 11 is 0. The van der Waals surface area contributed by atoms with E-state index in [9.17, 15) is 4.79 Å². The molecular weight excluding hydrogens is 164 g/mol. The molecule has 1 saturated carbocycles. The Bertz CT molecular complexity index is 265. The van der Waals surface area contributed by atoms with E-state index in [4.69, 9.17) is 4.74 Å². The van der Waals surface area contributed by atoms with Crippen molar-refractivity contribution in [2.24, 2.45) is 17.3 Å². The zero-order chi connectivity index (χ0) is 9.64. The van der Waals surface area contributed by atoms with Crippen molar-refractivity contribution in [1.82, 2.24) is 0 Å². The quantitative estimate of drug-likeness (QED) is 0.481. The molecule has 2 heteroatoms. The van der Waals surface area contributed by atoms with E-state index in [0.29, 0.717) is 23.7 Å². The van der Waals surface area contributed by atoms with Crippen LogP contribution < -0.4 is 0 Å². The van der Waals surface area contributed by atoms with Gasteiger partial charge in [-0.1, -0.05) is 25.5 Å². The minimum Gasteiger partial charge on any atom is -0.464 e. The predicted octanol–water partition coefficient (Wildman–Crippen LogP) is 2.15. The van der Waals surface area contributed by atoms with Gasteiger partial charge in [0.15, 0.2) is 0 Å². The number of hydrogen-bond donors (Lipinski definition) is 0. The highest BCUT2D eigenvalue weighted by atomic mass is 16.5. The van der Waals surface area contributed by atoms with Crippen molar-refractivity contribution in [3.8, 4) is 0 Å². The van der Waals surface area contributed by atoms with Crippen molar-refractivity contribution in [2.45, 2.75) is 33.3 Å². The van der Waals surface area contributed by atoms with E-state index in [1.54, 1.807) is 0 Å². The molecule has 3 rings (SSSR count). The molecule has 0 aromatic rings. The summed E-state index contributed by atoms with van der Waals surface area (Å²) < 4.78 is 5.13. The molecule has 13 heavy (non-hydrogen) atoms. The maximum absolute atomic E-state index is 10.3. The maximum atomic E-state index is 10.3. The summed E-state index contributed by atoms with van der Waals surface area (Å²) in [7, 11) is 0. The van der Waals surface area contributed by atoms with Gasteiger partial charge in [0.25, 0.3) is 6.47 Å². The lowest BCUT2D eigenvalue weighted by atomic mass is 9.47. The SMILES string of the molecule is CC1=CCC2C(OC=O)C1C2(C)C. The molecule has 0 aromatic heterocycles. The summed E-state index contributed by atoms with van der Waals surface area (Å²) in [5.41, 5.74) is 1.71. The van der Waals surface area contributed by atoms with Gasteiger partial charge >= 0.3 is 0 Å². The molecule has 2 nitrogen and oxygen atoms in total. The van der Waals surface area contributed by atoms with Gasteiger partial charge in [-0.15, -0.1) is 0 Å². The largest absolute Gasteiger partial charge is 0.464 e.